The lowest BCUT2D eigenvalue weighted by Gasteiger charge is -2.16. The van der Waals surface area contributed by atoms with Crippen molar-refractivity contribution in [3.05, 3.63) is 0 Å². The molecular weight excluding hydrogens is 108 g/mol. The van der Waals surface area contributed by atoms with Gasteiger partial charge in [-0.3, -0.25) is 5.43 Å². The maximum atomic E-state index is 8.53. The highest BCUT2D eigenvalue weighted by Gasteiger charge is 2.10. The van der Waals surface area contributed by atoms with E-state index in [2.05, 4.69) is 10.9 Å². The molecule has 0 aliphatic rings. The monoisotopic (exact) mass is 120 g/mol. The molecule has 0 unspecified atom stereocenters. The molecule has 0 amide bonds. The first kappa shape index (κ1) is 7.84. The zero-order valence-electron chi connectivity index (χ0n) is 5.10. The summed E-state index contributed by atoms with van der Waals surface area (Å²) in [6, 6.07) is 0. The largest absolute Gasteiger partial charge is 0.353 e. The van der Waals surface area contributed by atoms with Crippen LogP contribution in [0.5, 0.6) is 0 Å². The Morgan fingerprint density at radius 3 is 2.12 bits per heavy atom. The molecule has 0 radical (unpaired) electrons. The van der Waals surface area contributed by atoms with Crippen LogP contribution in [0.1, 0.15) is 13.8 Å². The van der Waals surface area contributed by atoms with Crippen LogP contribution in [-0.2, 0) is 0 Å². The molecule has 0 aromatic carbocycles. The Labute approximate surface area is 48.5 Å². The van der Waals surface area contributed by atoms with Gasteiger partial charge in [0.15, 0.2) is 0 Å². The van der Waals surface area contributed by atoms with Crippen molar-refractivity contribution in [2.75, 3.05) is 6.54 Å². The Morgan fingerprint density at radius 2 is 2.00 bits per heavy atom. The molecule has 4 N–H and O–H groups in total. The quantitative estimate of drug-likeness (QED) is 0.278. The van der Waals surface area contributed by atoms with Crippen LogP contribution in [-0.4, -0.2) is 22.7 Å². The summed E-state index contributed by atoms with van der Waals surface area (Å²) in [5, 5.41) is 17.1. The predicted octanol–water partition coefficient (Wildman–Crippen LogP) is -1.24. The molecule has 0 aliphatic carbocycles. The SMILES string of the molecule is CCNNC(C)(O)O. The Kier molecular flexibility index (Phi) is 2.93. The molecule has 0 aromatic rings. The van der Waals surface area contributed by atoms with Crippen molar-refractivity contribution in [3.8, 4) is 0 Å². The molecule has 50 valence electrons. The van der Waals surface area contributed by atoms with Gasteiger partial charge in [0, 0.05) is 13.5 Å². The van der Waals surface area contributed by atoms with E-state index < -0.39 is 5.91 Å². The fourth-order valence-electron chi connectivity index (χ4n) is 0.256. The number of hydrogen-bond donors (Lipinski definition) is 4. The predicted molar refractivity (Wildman–Crippen MR) is 29.7 cm³/mol. The van der Waals surface area contributed by atoms with Gasteiger partial charge in [0.25, 0.3) is 0 Å². The van der Waals surface area contributed by atoms with E-state index in [1.54, 1.807) is 0 Å². The topological polar surface area (TPSA) is 64.5 Å². The standard InChI is InChI=1S/C4H12N2O2/c1-3-5-6-4(2,7)8/h5-8H,3H2,1-2H3. The fourth-order valence-corrected chi connectivity index (χ4v) is 0.256. The molecule has 4 nitrogen and oxygen atoms in total. The van der Waals surface area contributed by atoms with Gasteiger partial charge in [-0.25, -0.2) is 5.43 Å². The second-order valence-electron chi connectivity index (χ2n) is 1.68. The maximum Gasteiger partial charge on any atom is 0.232 e. The van der Waals surface area contributed by atoms with Crippen molar-refractivity contribution >= 4 is 0 Å². The van der Waals surface area contributed by atoms with E-state index in [0.717, 1.165) is 0 Å². The van der Waals surface area contributed by atoms with Crippen molar-refractivity contribution in [2.45, 2.75) is 19.8 Å². The summed E-state index contributed by atoms with van der Waals surface area (Å²) in [6.45, 7) is 3.73. The molecule has 0 rings (SSSR count). The molecule has 0 atom stereocenters. The normalized spacial score (nSPS) is 12.0. The first-order valence-corrected chi connectivity index (χ1v) is 2.51. The molecular formula is C4H12N2O2. The average Bonchev–Trinajstić information content (AvgIpc) is 1.59. The van der Waals surface area contributed by atoms with E-state index >= 15 is 0 Å². The van der Waals surface area contributed by atoms with Crippen molar-refractivity contribution in [2.24, 2.45) is 0 Å². The number of nitrogens with one attached hydrogen (secondary N) is 2. The number of rotatable bonds is 3. The molecule has 0 saturated carbocycles. The molecule has 0 heterocycles. The van der Waals surface area contributed by atoms with E-state index in [1.807, 2.05) is 6.92 Å². The Balaban J connectivity index is 3.11. The van der Waals surface area contributed by atoms with Crippen LogP contribution in [0.15, 0.2) is 0 Å². The highest BCUT2D eigenvalue weighted by molar-refractivity contribution is 4.44. The van der Waals surface area contributed by atoms with Crippen LogP contribution in [0.25, 0.3) is 0 Å². The zero-order chi connectivity index (χ0) is 6.62. The van der Waals surface area contributed by atoms with Crippen molar-refractivity contribution < 1.29 is 10.2 Å². The van der Waals surface area contributed by atoms with Crippen LogP contribution in [0, 0.1) is 0 Å². The van der Waals surface area contributed by atoms with Crippen LogP contribution < -0.4 is 10.9 Å². The minimum atomic E-state index is -1.81. The van der Waals surface area contributed by atoms with Gasteiger partial charge in [-0.1, -0.05) is 6.92 Å². The summed E-state index contributed by atoms with van der Waals surface area (Å²) in [5.74, 6) is -1.81. The van der Waals surface area contributed by atoms with Gasteiger partial charge in [-0.2, -0.15) is 0 Å². The van der Waals surface area contributed by atoms with E-state index in [0.29, 0.717) is 6.54 Å². The van der Waals surface area contributed by atoms with E-state index in [9.17, 15) is 0 Å². The lowest BCUT2D eigenvalue weighted by molar-refractivity contribution is -0.177. The minimum Gasteiger partial charge on any atom is -0.353 e. The highest BCUT2D eigenvalue weighted by atomic mass is 16.5. The number of aliphatic hydroxyl groups is 2. The van der Waals surface area contributed by atoms with E-state index in [-0.39, 0.29) is 0 Å². The van der Waals surface area contributed by atoms with Gasteiger partial charge >= 0.3 is 0 Å². The van der Waals surface area contributed by atoms with Crippen LogP contribution in [0.4, 0.5) is 0 Å². The fraction of sp³-hybridized carbons (Fsp3) is 1.00. The van der Waals surface area contributed by atoms with Gasteiger partial charge in [-0.05, 0) is 0 Å². The smallest absolute Gasteiger partial charge is 0.232 e. The van der Waals surface area contributed by atoms with Gasteiger partial charge < -0.3 is 10.2 Å². The van der Waals surface area contributed by atoms with Crippen LogP contribution in [0.2, 0.25) is 0 Å². The highest BCUT2D eigenvalue weighted by Crippen LogP contribution is 1.83. The maximum absolute atomic E-state index is 8.53. The second kappa shape index (κ2) is 2.99. The van der Waals surface area contributed by atoms with Gasteiger partial charge in [-0.15, -0.1) is 0 Å². The molecule has 0 spiro atoms. The first-order chi connectivity index (χ1) is 3.56. The van der Waals surface area contributed by atoms with E-state index in [4.69, 9.17) is 10.2 Å². The number of hydrogen-bond acceptors (Lipinski definition) is 4. The Hall–Kier alpha value is -0.160. The second-order valence-corrected chi connectivity index (χ2v) is 1.68. The summed E-state index contributed by atoms with van der Waals surface area (Å²) in [7, 11) is 0. The first-order valence-electron chi connectivity index (χ1n) is 2.51. The lowest BCUT2D eigenvalue weighted by atomic mass is 10.6. The van der Waals surface area contributed by atoms with Crippen molar-refractivity contribution in [1.82, 2.24) is 10.9 Å². The molecule has 8 heavy (non-hydrogen) atoms. The molecule has 0 bridgehead atoms. The van der Waals surface area contributed by atoms with Crippen LogP contribution >= 0.6 is 0 Å². The van der Waals surface area contributed by atoms with Gasteiger partial charge in [0.05, 0.1) is 0 Å². The summed E-state index contributed by atoms with van der Waals surface area (Å²) in [5.41, 5.74) is 4.77. The Morgan fingerprint density at radius 1 is 1.50 bits per heavy atom. The third-order valence-corrected chi connectivity index (χ3v) is 0.502. The third kappa shape index (κ3) is 5.84. The Bertz CT molecular complexity index is 59.5. The third-order valence-electron chi connectivity index (χ3n) is 0.502. The van der Waals surface area contributed by atoms with Crippen molar-refractivity contribution in [3.63, 3.8) is 0 Å². The molecule has 0 saturated heterocycles. The number of hydrazine groups is 1. The molecule has 0 fully saturated rings. The molecule has 0 aliphatic heterocycles. The minimum absolute atomic E-state index is 0.650. The van der Waals surface area contributed by atoms with Crippen LogP contribution in [0.3, 0.4) is 0 Å². The van der Waals surface area contributed by atoms with E-state index in [1.165, 1.54) is 6.92 Å². The average molecular weight is 120 g/mol. The zero-order valence-corrected chi connectivity index (χ0v) is 5.10. The summed E-state index contributed by atoms with van der Waals surface area (Å²) in [6.07, 6.45) is 0. The lowest BCUT2D eigenvalue weighted by Crippen LogP contribution is -2.49. The summed E-state index contributed by atoms with van der Waals surface area (Å²) < 4.78 is 0. The molecule has 0 aromatic heterocycles. The van der Waals surface area contributed by atoms with Crippen molar-refractivity contribution in [1.29, 1.82) is 0 Å². The van der Waals surface area contributed by atoms with Gasteiger partial charge in [0.2, 0.25) is 5.91 Å². The van der Waals surface area contributed by atoms with Gasteiger partial charge in [0.1, 0.15) is 0 Å². The summed E-state index contributed by atoms with van der Waals surface area (Å²) >= 11 is 0. The molecule has 4 heteroatoms. The summed E-state index contributed by atoms with van der Waals surface area (Å²) in [4.78, 5) is 0.